The van der Waals surface area contributed by atoms with E-state index in [1.165, 1.54) is 18.5 Å². The van der Waals surface area contributed by atoms with Gasteiger partial charge in [0.2, 0.25) is 0 Å². The maximum Gasteiger partial charge on any atom is 0.123 e. The minimum atomic E-state index is -0.146. The average molecular weight is 234 g/mol. The summed E-state index contributed by atoms with van der Waals surface area (Å²) >= 11 is 0. The lowest BCUT2D eigenvalue weighted by molar-refractivity contribution is 0.617. The average Bonchev–Trinajstić information content (AvgIpc) is 2.81. The standard InChI is InChI=1S/C14H19FN2/c15-12-3-4-13(17-7-1-2-8-17)11(9-12)10-14(16)5-6-14/h3-4,9H,1-2,5-8,10,16H2. The zero-order valence-corrected chi connectivity index (χ0v) is 10.1. The van der Waals surface area contributed by atoms with Crippen LogP contribution >= 0.6 is 0 Å². The van der Waals surface area contributed by atoms with Crippen molar-refractivity contribution in [3.05, 3.63) is 29.6 Å². The van der Waals surface area contributed by atoms with Crippen LogP contribution in [0.4, 0.5) is 10.1 Å². The highest BCUT2D eigenvalue weighted by Gasteiger charge is 2.39. The van der Waals surface area contributed by atoms with Crippen LogP contribution in [0, 0.1) is 5.82 Å². The van der Waals surface area contributed by atoms with Crippen molar-refractivity contribution in [3.63, 3.8) is 0 Å². The second-order valence-electron chi connectivity index (χ2n) is 5.51. The molecule has 1 heterocycles. The first kappa shape index (κ1) is 11.0. The fraction of sp³-hybridized carbons (Fsp3) is 0.571. The molecule has 1 aromatic rings. The number of hydrogen-bond donors (Lipinski definition) is 1. The van der Waals surface area contributed by atoms with Gasteiger partial charge in [-0.1, -0.05) is 0 Å². The van der Waals surface area contributed by atoms with Crippen LogP contribution in [0.25, 0.3) is 0 Å². The van der Waals surface area contributed by atoms with Crippen molar-refractivity contribution in [1.82, 2.24) is 0 Å². The first-order chi connectivity index (χ1) is 8.16. The summed E-state index contributed by atoms with van der Waals surface area (Å²) in [7, 11) is 0. The number of anilines is 1. The first-order valence-electron chi connectivity index (χ1n) is 6.49. The van der Waals surface area contributed by atoms with E-state index in [-0.39, 0.29) is 11.4 Å². The highest BCUT2D eigenvalue weighted by molar-refractivity contribution is 5.55. The predicted octanol–water partition coefficient (Wildman–Crippen LogP) is 2.46. The van der Waals surface area contributed by atoms with Crippen LogP contribution in [-0.2, 0) is 6.42 Å². The van der Waals surface area contributed by atoms with Gasteiger partial charge < -0.3 is 10.6 Å². The van der Waals surface area contributed by atoms with E-state index < -0.39 is 0 Å². The predicted molar refractivity (Wildman–Crippen MR) is 67.7 cm³/mol. The van der Waals surface area contributed by atoms with Crippen LogP contribution in [0.15, 0.2) is 18.2 Å². The Bertz CT molecular complexity index is 420. The summed E-state index contributed by atoms with van der Waals surface area (Å²) in [6.45, 7) is 2.19. The van der Waals surface area contributed by atoms with Crippen molar-refractivity contribution in [2.45, 2.75) is 37.6 Å². The molecule has 1 saturated carbocycles. The van der Waals surface area contributed by atoms with Gasteiger partial charge in [-0.3, -0.25) is 0 Å². The molecule has 1 aliphatic heterocycles. The van der Waals surface area contributed by atoms with Gasteiger partial charge in [-0.15, -0.1) is 0 Å². The number of hydrogen-bond acceptors (Lipinski definition) is 2. The summed E-state index contributed by atoms with van der Waals surface area (Å²) in [5.74, 6) is -0.146. The Kier molecular flexibility index (Phi) is 2.58. The van der Waals surface area contributed by atoms with Gasteiger partial charge in [-0.2, -0.15) is 0 Å². The summed E-state index contributed by atoms with van der Waals surface area (Å²) < 4.78 is 13.4. The quantitative estimate of drug-likeness (QED) is 0.870. The Morgan fingerprint density at radius 3 is 2.59 bits per heavy atom. The molecular weight excluding hydrogens is 215 g/mol. The summed E-state index contributed by atoms with van der Waals surface area (Å²) in [5.41, 5.74) is 8.39. The molecule has 2 nitrogen and oxygen atoms in total. The lowest BCUT2D eigenvalue weighted by Crippen LogP contribution is -2.27. The molecule has 0 radical (unpaired) electrons. The fourth-order valence-corrected chi connectivity index (χ4v) is 2.68. The van der Waals surface area contributed by atoms with E-state index in [9.17, 15) is 4.39 Å². The highest BCUT2D eigenvalue weighted by atomic mass is 19.1. The Hall–Kier alpha value is -1.09. The molecule has 3 rings (SSSR count). The van der Waals surface area contributed by atoms with E-state index in [2.05, 4.69) is 4.90 Å². The van der Waals surface area contributed by atoms with Gasteiger partial charge in [0.15, 0.2) is 0 Å². The molecule has 2 aliphatic rings. The maximum absolute atomic E-state index is 13.4. The smallest absolute Gasteiger partial charge is 0.123 e. The monoisotopic (exact) mass is 234 g/mol. The SMILES string of the molecule is NC1(Cc2cc(F)ccc2N2CCCC2)CC1. The van der Waals surface area contributed by atoms with Gasteiger partial charge in [0.1, 0.15) is 5.82 Å². The molecule has 0 bridgehead atoms. The third-order valence-electron chi connectivity index (χ3n) is 3.92. The van der Waals surface area contributed by atoms with E-state index in [0.29, 0.717) is 0 Å². The van der Waals surface area contributed by atoms with Gasteiger partial charge in [-0.05, 0) is 55.9 Å². The number of nitrogens with two attached hydrogens (primary N) is 1. The fourth-order valence-electron chi connectivity index (χ4n) is 2.68. The lowest BCUT2D eigenvalue weighted by Gasteiger charge is -2.23. The Morgan fingerprint density at radius 1 is 1.24 bits per heavy atom. The van der Waals surface area contributed by atoms with E-state index in [1.54, 1.807) is 12.1 Å². The molecule has 17 heavy (non-hydrogen) atoms. The molecule has 0 aromatic heterocycles. The van der Waals surface area contributed by atoms with Crippen LogP contribution in [0.5, 0.6) is 0 Å². The summed E-state index contributed by atoms with van der Waals surface area (Å²) in [4.78, 5) is 2.36. The van der Waals surface area contributed by atoms with E-state index in [4.69, 9.17) is 5.73 Å². The number of halogens is 1. The van der Waals surface area contributed by atoms with Crippen LogP contribution in [0.3, 0.4) is 0 Å². The first-order valence-corrected chi connectivity index (χ1v) is 6.49. The molecule has 0 amide bonds. The zero-order chi connectivity index (χ0) is 11.9. The molecule has 3 heteroatoms. The molecule has 2 N–H and O–H groups in total. The van der Waals surface area contributed by atoms with Crippen molar-refractivity contribution in [1.29, 1.82) is 0 Å². The largest absolute Gasteiger partial charge is 0.371 e. The van der Waals surface area contributed by atoms with Crippen LogP contribution in [-0.4, -0.2) is 18.6 Å². The Morgan fingerprint density at radius 2 is 1.94 bits per heavy atom. The molecule has 92 valence electrons. The van der Waals surface area contributed by atoms with Gasteiger partial charge >= 0.3 is 0 Å². The molecule has 0 spiro atoms. The van der Waals surface area contributed by atoms with Crippen LogP contribution < -0.4 is 10.6 Å². The van der Waals surface area contributed by atoms with Crippen molar-refractivity contribution in [3.8, 4) is 0 Å². The molecule has 1 saturated heterocycles. The lowest BCUT2D eigenvalue weighted by atomic mass is 10.0. The zero-order valence-electron chi connectivity index (χ0n) is 10.1. The molecule has 1 aliphatic carbocycles. The number of rotatable bonds is 3. The van der Waals surface area contributed by atoms with Gasteiger partial charge in [0, 0.05) is 24.3 Å². The minimum Gasteiger partial charge on any atom is -0.371 e. The second-order valence-corrected chi connectivity index (χ2v) is 5.51. The van der Waals surface area contributed by atoms with Crippen molar-refractivity contribution >= 4 is 5.69 Å². The highest BCUT2D eigenvalue weighted by Crippen LogP contribution is 2.38. The van der Waals surface area contributed by atoms with E-state index >= 15 is 0 Å². The van der Waals surface area contributed by atoms with Crippen molar-refractivity contribution in [2.75, 3.05) is 18.0 Å². The topological polar surface area (TPSA) is 29.3 Å². The van der Waals surface area contributed by atoms with E-state index in [0.717, 1.165) is 37.9 Å². The molecule has 1 aromatic carbocycles. The third-order valence-corrected chi connectivity index (χ3v) is 3.92. The van der Waals surface area contributed by atoms with Gasteiger partial charge in [0.25, 0.3) is 0 Å². The Labute approximate surface area is 102 Å². The summed E-state index contributed by atoms with van der Waals surface area (Å²) in [5, 5.41) is 0. The summed E-state index contributed by atoms with van der Waals surface area (Å²) in [6, 6.07) is 5.15. The summed E-state index contributed by atoms with van der Waals surface area (Å²) in [6.07, 6.45) is 5.44. The van der Waals surface area contributed by atoms with Crippen molar-refractivity contribution < 1.29 is 4.39 Å². The Balaban J connectivity index is 1.89. The van der Waals surface area contributed by atoms with Crippen LogP contribution in [0.1, 0.15) is 31.2 Å². The molecule has 2 fully saturated rings. The minimum absolute atomic E-state index is 0.0533. The van der Waals surface area contributed by atoms with Gasteiger partial charge in [0.05, 0.1) is 0 Å². The van der Waals surface area contributed by atoms with Gasteiger partial charge in [-0.25, -0.2) is 4.39 Å². The third kappa shape index (κ3) is 2.29. The molecule has 0 unspecified atom stereocenters. The molecular formula is C14H19FN2. The van der Waals surface area contributed by atoms with Crippen LogP contribution in [0.2, 0.25) is 0 Å². The number of benzene rings is 1. The van der Waals surface area contributed by atoms with Crippen molar-refractivity contribution in [2.24, 2.45) is 5.73 Å². The second kappa shape index (κ2) is 3.98. The number of nitrogens with zero attached hydrogens (tertiary/aromatic N) is 1. The maximum atomic E-state index is 13.4. The normalized spacial score (nSPS) is 21.9. The molecule has 0 atom stereocenters. The van der Waals surface area contributed by atoms with E-state index in [1.807, 2.05) is 6.07 Å².